The summed E-state index contributed by atoms with van der Waals surface area (Å²) >= 11 is 0. The molecule has 0 bridgehead atoms. The fourth-order valence-electron chi connectivity index (χ4n) is 7.87. The van der Waals surface area contributed by atoms with Crippen LogP contribution in [0, 0.1) is 13.8 Å². The van der Waals surface area contributed by atoms with Crippen LogP contribution >= 0.6 is 0 Å². The first-order valence-corrected chi connectivity index (χ1v) is 19.9. The Hall–Kier alpha value is -7.42. The van der Waals surface area contributed by atoms with E-state index >= 15 is 0 Å². The van der Waals surface area contributed by atoms with Crippen LogP contribution in [-0.2, 0) is 0 Å². The van der Waals surface area contributed by atoms with Crippen molar-refractivity contribution in [3.8, 4) is 44.5 Å². The van der Waals surface area contributed by atoms with Gasteiger partial charge in [-0.3, -0.25) is 0 Å². The number of nitrogens with zero attached hydrogens (tertiary/aromatic N) is 2. The Bertz CT molecular complexity index is 2370. The molecule has 0 saturated carbocycles. The van der Waals surface area contributed by atoms with Gasteiger partial charge in [0.05, 0.1) is 11.4 Å². The van der Waals surface area contributed by atoms with Gasteiger partial charge in [0.25, 0.3) is 0 Å². The highest BCUT2D eigenvalue weighted by atomic mass is 15.2. The summed E-state index contributed by atoms with van der Waals surface area (Å²) in [6.45, 7) is 4.47. The highest BCUT2D eigenvalue weighted by molar-refractivity contribution is 5.88. The molecule has 2 nitrogen and oxygen atoms in total. The summed E-state index contributed by atoms with van der Waals surface area (Å²) in [4.78, 5) is 4.81. The molecular weight excluding hydrogens is 701 g/mol. The van der Waals surface area contributed by atoms with Crippen LogP contribution in [0.4, 0.5) is 34.1 Å². The molecule has 0 aliphatic heterocycles. The number of benzene rings is 9. The largest absolute Gasteiger partial charge is 0.310 e. The predicted molar refractivity (Wildman–Crippen MR) is 247 cm³/mol. The SMILES string of the molecule is Cc1cc(N(c2ccc(-c3ccccc3)cc2)c2ccc(-c3ccccc3)cc2)c(C)c(N(c2ccc(-c3ccccc3)cc2)c2ccc(-c3ccccc3)cc2)c1. The third-order valence-electron chi connectivity index (χ3n) is 10.9. The highest BCUT2D eigenvalue weighted by Gasteiger charge is 2.22. The summed E-state index contributed by atoms with van der Waals surface area (Å²) in [5, 5.41) is 0. The lowest BCUT2D eigenvalue weighted by molar-refractivity contribution is 1.19. The van der Waals surface area contributed by atoms with E-state index in [-0.39, 0.29) is 0 Å². The Balaban J connectivity index is 1.19. The molecular formula is C56H44N2. The number of rotatable bonds is 10. The standard InChI is InChI=1S/C56H44N2/c1-41-39-55(57(51-31-23-47(24-32-51)43-15-7-3-8-16-43)52-33-25-48(26-34-52)44-17-9-4-10-18-44)42(2)56(40-41)58(53-35-27-49(28-36-53)45-19-11-5-12-20-45)54-37-29-50(30-38-54)46-21-13-6-14-22-46/h3-40H,1-2H3. The lowest BCUT2D eigenvalue weighted by Crippen LogP contribution is -2.16. The number of hydrogen-bond donors (Lipinski definition) is 0. The van der Waals surface area contributed by atoms with Crippen LogP contribution in [0.1, 0.15) is 11.1 Å². The molecule has 9 aromatic rings. The van der Waals surface area contributed by atoms with Crippen molar-refractivity contribution in [3.05, 3.63) is 242 Å². The maximum absolute atomic E-state index is 2.41. The van der Waals surface area contributed by atoms with Crippen LogP contribution in [0.2, 0.25) is 0 Å². The Morgan fingerprint density at radius 1 is 0.241 bits per heavy atom. The van der Waals surface area contributed by atoms with E-state index in [0.717, 1.165) is 34.1 Å². The van der Waals surface area contributed by atoms with Crippen molar-refractivity contribution in [2.75, 3.05) is 9.80 Å². The zero-order valence-electron chi connectivity index (χ0n) is 32.8. The average molecular weight is 745 g/mol. The third kappa shape index (κ3) is 7.56. The van der Waals surface area contributed by atoms with Crippen LogP contribution in [-0.4, -0.2) is 0 Å². The molecule has 0 saturated heterocycles. The van der Waals surface area contributed by atoms with Crippen LogP contribution in [0.15, 0.2) is 231 Å². The fraction of sp³-hybridized carbons (Fsp3) is 0.0357. The van der Waals surface area contributed by atoms with Crippen molar-refractivity contribution >= 4 is 34.1 Å². The second-order valence-electron chi connectivity index (χ2n) is 14.8. The normalized spacial score (nSPS) is 10.9. The second-order valence-corrected chi connectivity index (χ2v) is 14.8. The zero-order valence-corrected chi connectivity index (χ0v) is 32.8. The Morgan fingerprint density at radius 2 is 0.448 bits per heavy atom. The van der Waals surface area contributed by atoms with Crippen molar-refractivity contribution in [3.63, 3.8) is 0 Å². The van der Waals surface area contributed by atoms with Gasteiger partial charge in [0, 0.05) is 22.7 Å². The molecule has 0 radical (unpaired) electrons. The Morgan fingerprint density at radius 3 is 0.672 bits per heavy atom. The molecule has 0 aliphatic carbocycles. The van der Waals surface area contributed by atoms with E-state index in [9.17, 15) is 0 Å². The lowest BCUT2D eigenvalue weighted by atomic mass is 10.00. The molecule has 0 atom stereocenters. The van der Waals surface area contributed by atoms with E-state index in [1.807, 2.05) is 0 Å². The van der Waals surface area contributed by atoms with E-state index in [1.54, 1.807) is 0 Å². The number of hydrogen-bond acceptors (Lipinski definition) is 2. The van der Waals surface area contributed by atoms with Gasteiger partial charge in [0.15, 0.2) is 0 Å². The van der Waals surface area contributed by atoms with Crippen molar-refractivity contribution < 1.29 is 0 Å². The average Bonchev–Trinajstić information content (AvgIpc) is 3.30. The quantitative estimate of drug-likeness (QED) is 0.138. The van der Waals surface area contributed by atoms with Gasteiger partial charge in [-0.1, -0.05) is 170 Å². The van der Waals surface area contributed by atoms with Gasteiger partial charge in [-0.25, -0.2) is 0 Å². The first kappa shape index (κ1) is 36.2. The van der Waals surface area contributed by atoms with Crippen molar-refractivity contribution in [1.82, 2.24) is 0 Å². The third-order valence-corrected chi connectivity index (χ3v) is 10.9. The highest BCUT2D eigenvalue weighted by Crippen LogP contribution is 2.45. The van der Waals surface area contributed by atoms with Gasteiger partial charge in [-0.05, 0) is 130 Å². The van der Waals surface area contributed by atoms with Crippen LogP contribution in [0.3, 0.4) is 0 Å². The van der Waals surface area contributed by atoms with Crippen LogP contribution in [0.5, 0.6) is 0 Å². The summed E-state index contributed by atoms with van der Waals surface area (Å²) in [6, 6.07) is 82.8. The van der Waals surface area contributed by atoms with Crippen LogP contribution < -0.4 is 9.80 Å². The molecule has 58 heavy (non-hydrogen) atoms. The minimum absolute atomic E-state index is 1.10. The van der Waals surface area contributed by atoms with Gasteiger partial charge in [-0.2, -0.15) is 0 Å². The maximum Gasteiger partial charge on any atom is 0.0514 e. The van der Waals surface area contributed by atoms with E-state index in [2.05, 4.69) is 254 Å². The summed E-state index contributed by atoms with van der Waals surface area (Å²) < 4.78 is 0. The molecule has 9 aromatic carbocycles. The topological polar surface area (TPSA) is 6.48 Å². The monoisotopic (exact) mass is 744 g/mol. The number of aryl methyl sites for hydroxylation is 1. The van der Waals surface area contributed by atoms with Gasteiger partial charge in [0.1, 0.15) is 0 Å². The molecule has 278 valence electrons. The molecule has 0 heterocycles. The first-order valence-electron chi connectivity index (χ1n) is 19.9. The summed E-state index contributed by atoms with van der Waals surface area (Å²) in [5.74, 6) is 0. The minimum atomic E-state index is 1.10. The predicted octanol–water partition coefficient (Wildman–Crippen LogP) is 15.9. The van der Waals surface area contributed by atoms with E-state index in [1.165, 1.54) is 55.6 Å². The maximum atomic E-state index is 2.41. The number of anilines is 6. The molecule has 0 spiro atoms. The molecule has 0 N–H and O–H groups in total. The van der Waals surface area contributed by atoms with Crippen molar-refractivity contribution in [2.24, 2.45) is 0 Å². The molecule has 2 heteroatoms. The van der Waals surface area contributed by atoms with Crippen LogP contribution in [0.25, 0.3) is 44.5 Å². The van der Waals surface area contributed by atoms with Gasteiger partial charge in [0.2, 0.25) is 0 Å². The van der Waals surface area contributed by atoms with E-state index < -0.39 is 0 Å². The van der Waals surface area contributed by atoms with Gasteiger partial charge >= 0.3 is 0 Å². The Kier molecular flexibility index (Phi) is 10.2. The van der Waals surface area contributed by atoms with Gasteiger partial charge in [-0.15, -0.1) is 0 Å². The molecule has 0 amide bonds. The summed E-state index contributed by atoms with van der Waals surface area (Å²) in [6.07, 6.45) is 0. The van der Waals surface area contributed by atoms with E-state index in [4.69, 9.17) is 0 Å². The Labute approximate surface area is 342 Å². The zero-order chi connectivity index (χ0) is 39.3. The summed E-state index contributed by atoms with van der Waals surface area (Å²) in [7, 11) is 0. The summed E-state index contributed by atoms with van der Waals surface area (Å²) in [5.41, 5.74) is 18.5. The lowest BCUT2D eigenvalue weighted by Gasteiger charge is -2.32. The molecule has 0 fully saturated rings. The first-order chi connectivity index (χ1) is 28.6. The molecule has 0 aliphatic rings. The smallest absolute Gasteiger partial charge is 0.0514 e. The van der Waals surface area contributed by atoms with Crippen molar-refractivity contribution in [2.45, 2.75) is 13.8 Å². The second kappa shape index (κ2) is 16.4. The molecule has 9 rings (SSSR count). The molecule has 0 unspecified atom stereocenters. The van der Waals surface area contributed by atoms with Crippen molar-refractivity contribution in [1.29, 1.82) is 0 Å². The minimum Gasteiger partial charge on any atom is -0.310 e. The molecule has 0 aromatic heterocycles. The van der Waals surface area contributed by atoms with E-state index in [0.29, 0.717) is 0 Å². The van der Waals surface area contributed by atoms with Gasteiger partial charge < -0.3 is 9.80 Å². The fourth-order valence-corrected chi connectivity index (χ4v) is 7.87.